The molecular formula is C28H39N5O3. The van der Waals surface area contributed by atoms with Gasteiger partial charge in [0, 0.05) is 54.7 Å². The van der Waals surface area contributed by atoms with Gasteiger partial charge in [-0.2, -0.15) is 0 Å². The number of hydrogen-bond acceptors (Lipinski definition) is 4. The van der Waals surface area contributed by atoms with E-state index < -0.39 is 0 Å². The van der Waals surface area contributed by atoms with Crippen LogP contribution < -0.4 is 15.5 Å². The molecule has 1 saturated heterocycles. The van der Waals surface area contributed by atoms with Crippen molar-refractivity contribution < 1.29 is 14.4 Å². The summed E-state index contributed by atoms with van der Waals surface area (Å²) in [5, 5.41) is 5.80. The summed E-state index contributed by atoms with van der Waals surface area (Å²) in [7, 11) is 0. The highest BCUT2D eigenvalue weighted by molar-refractivity contribution is 5.95. The average Bonchev–Trinajstić information content (AvgIpc) is 2.82. The minimum atomic E-state index is -0.379. The zero-order chi connectivity index (χ0) is 26.5. The number of amides is 4. The Morgan fingerprint density at radius 3 is 2.03 bits per heavy atom. The number of hydrogen-bond donors (Lipinski definition) is 2. The fraction of sp³-hybridized carbons (Fsp3) is 0.464. The standard InChI is InChI=1S/C28H39N5O3/c1-20(2)33(27(36)30-28(4,5)6)19-25(34)29-23-11-13-24(14-12-23)31-15-17-32(18-16-31)26(35)22-9-7-21(3)8-10-22/h7-14,20H,15-19H2,1-6H3,(H,29,34)(H,30,36). The molecule has 2 aromatic rings. The second-order valence-electron chi connectivity index (χ2n) is 10.6. The number of aryl methyl sites for hydroxylation is 1. The molecule has 36 heavy (non-hydrogen) atoms. The first-order valence-corrected chi connectivity index (χ1v) is 12.5. The second kappa shape index (κ2) is 11.5. The molecule has 0 aliphatic carbocycles. The molecule has 0 atom stereocenters. The Bertz CT molecular complexity index is 1050. The third kappa shape index (κ3) is 7.47. The molecule has 3 rings (SSSR count). The average molecular weight is 494 g/mol. The predicted molar refractivity (Wildman–Crippen MR) is 144 cm³/mol. The van der Waals surface area contributed by atoms with Gasteiger partial charge in [-0.15, -0.1) is 0 Å². The van der Waals surface area contributed by atoms with E-state index in [-0.39, 0.29) is 36.0 Å². The minimum Gasteiger partial charge on any atom is -0.368 e. The summed E-state index contributed by atoms with van der Waals surface area (Å²) in [6, 6.07) is 15.0. The maximum atomic E-state index is 12.8. The van der Waals surface area contributed by atoms with Gasteiger partial charge in [-0.1, -0.05) is 17.7 Å². The number of nitrogens with zero attached hydrogens (tertiary/aromatic N) is 3. The molecule has 4 amide bonds. The normalized spacial score (nSPS) is 14.0. The van der Waals surface area contributed by atoms with Crippen molar-refractivity contribution in [3.63, 3.8) is 0 Å². The molecule has 2 aromatic carbocycles. The van der Waals surface area contributed by atoms with Crippen LogP contribution in [0.1, 0.15) is 50.5 Å². The number of rotatable bonds is 6. The number of urea groups is 1. The number of piperazine rings is 1. The van der Waals surface area contributed by atoms with Gasteiger partial charge in [0.1, 0.15) is 6.54 Å². The molecule has 2 N–H and O–H groups in total. The van der Waals surface area contributed by atoms with Gasteiger partial charge in [-0.25, -0.2) is 4.79 Å². The molecule has 194 valence electrons. The molecule has 0 aromatic heterocycles. The molecule has 1 aliphatic heterocycles. The van der Waals surface area contributed by atoms with E-state index in [1.54, 1.807) is 0 Å². The number of anilines is 2. The fourth-order valence-electron chi connectivity index (χ4n) is 4.04. The largest absolute Gasteiger partial charge is 0.368 e. The van der Waals surface area contributed by atoms with Gasteiger partial charge in [0.2, 0.25) is 5.91 Å². The first kappa shape index (κ1) is 27.0. The van der Waals surface area contributed by atoms with Gasteiger partial charge < -0.3 is 25.3 Å². The Balaban J connectivity index is 1.52. The predicted octanol–water partition coefficient (Wildman–Crippen LogP) is 4.11. The zero-order valence-electron chi connectivity index (χ0n) is 22.3. The third-order valence-electron chi connectivity index (χ3n) is 6.06. The van der Waals surface area contributed by atoms with Crippen molar-refractivity contribution in [3.8, 4) is 0 Å². The maximum absolute atomic E-state index is 12.8. The number of nitrogens with one attached hydrogen (secondary N) is 2. The fourth-order valence-corrected chi connectivity index (χ4v) is 4.04. The summed E-state index contributed by atoms with van der Waals surface area (Å²) in [6.45, 7) is 14.3. The van der Waals surface area contributed by atoms with Crippen molar-refractivity contribution in [1.82, 2.24) is 15.1 Å². The summed E-state index contributed by atoms with van der Waals surface area (Å²) in [5.74, 6) is -0.178. The van der Waals surface area contributed by atoms with Crippen LogP contribution in [0.4, 0.5) is 16.2 Å². The molecule has 8 heteroatoms. The van der Waals surface area contributed by atoms with Crippen LogP contribution in [0.25, 0.3) is 0 Å². The lowest BCUT2D eigenvalue weighted by Gasteiger charge is -2.36. The highest BCUT2D eigenvalue weighted by Gasteiger charge is 2.25. The van der Waals surface area contributed by atoms with E-state index in [1.165, 1.54) is 4.90 Å². The van der Waals surface area contributed by atoms with Crippen molar-refractivity contribution in [3.05, 3.63) is 59.7 Å². The van der Waals surface area contributed by atoms with E-state index in [2.05, 4.69) is 15.5 Å². The smallest absolute Gasteiger partial charge is 0.318 e. The van der Waals surface area contributed by atoms with Crippen LogP contribution in [0.15, 0.2) is 48.5 Å². The van der Waals surface area contributed by atoms with Crippen LogP contribution in [0.3, 0.4) is 0 Å². The number of carbonyl (C=O) groups excluding carboxylic acids is 3. The SMILES string of the molecule is Cc1ccc(C(=O)N2CCN(c3ccc(NC(=O)CN(C(=O)NC(C)(C)C)C(C)C)cc3)CC2)cc1. The number of benzene rings is 2. The van der Waals surface area contributed by atoms with Crippen molar-refractivity contribution >= 4 is 29.2 Å². The Morgan fingerprint density at radius 2 is 1.50 bits per heavy atom. The van der Waals surface area contributed by atoms with Crippen LogP contribution in [-0.4, -0.2) is 71.9 Å². The topological polar surface area (TPSA) is 85.0 Å². The van der Waals surface area contributed by atoms with Crippen molar-refractivity contribution in [2.45, 2.75) is 53.1 Å². The van der Waals surface area contributed by atoms with E-state index in [9.17, 15) is 14.4 Å². The molecular weight excluding hydrogens is 454 g/mol. The summed E-state index contributed by atoms with van der Waals surface area (Å²) in [6.07, 6.45) is 0. The number of carbonyl (C=O) groups is 3. The summed E-state index contributed by atoms with van der Waals surface area (Å²) < 4.78 is 0. The lowest BCUT2D eigenvalue weighted by Crippen LogP contribution is -2.52. The van der Waals surface area contributed by atoms with Crippen LogP contribution >= 0.6 is 0 Å². The Labute approximate surface area is 214 Å². The van der Waals surface area contributed by atoms with E-state index >= 15 is 0 Å². The van der Waals surface area contributed by atoms with Crippen molar-refractivity contribution in [2.75, 3.05) is 42.9 Å². The van der Waals surface area contributed by atoms with Crippen molar-refractivity contribution in [1.29, 1.82) is 0 Å². The van der Waals surface area contributed by atoms with E-state index in [0.29, 0.717) is 18.8 Å². The molecule has 1 heterocycles. The van der Waals surface area contributed by atoms with Crippen LogP contribution in [0.5, 0.6) is 0 Å². The van der Waals surface area contributed by atoms with E-state index in [4.69, 9.17) is 0 Å². The quantitative estimate of drug-likeness (QED) is 0.634. The zero-order valence-corrected chi connectivity index (χ0v) is 22.3. The highest BCUT2D eigenvalue weighted by atomic mass is 16.2. The van der Waals surface area contributed by atoms with E-state index in [1.807, 2.05) is 95.0 Å². The third-order valence-corrected chi connectivity index (χ3v) is 6.06. The monoisotopic (exact) mass is 493 g/mol. The summed E-state index contributed by atoms with van der Waals surface area (Å²) in [4.78, 5) is 43.6. The first-order valence-electron chi connectivity index (χ1n) is 12.5. The van der Waals surface area contributed by atoms with Gasteiger partial charge in [0.15, 0.2) is 0 Å². The van der Waals surface area contributed by atoms with Crippen LogP contribution in [0, 0.1) is 6.92 Å². The summed E-state index contributed by atoms with van der Waals surface area (Å²) in [5.41, 5.74) is 3.21. The highest BCUT2D eigenvalue weighted by Crippen LogP contribution is 2.20. The Kier molecular flexibility index (Phi) is 8.61. The first-order chi connectivity index (χ1) is 16.9. The molecule has 0 saturated carbocycles. The molecule has 1 fully saturated rings. The van der Waals surface area contributed by atoms with Gasteiger partial charge in [-0.3, -0.25) is 9.59 Å². The molecule has 0 spiro atoms. The van der Waals surface area contributed by atoms with Gasteiger partial charge in [-0.05, 0) is 77.9 Å². The van der Waals surface area contributed by atoms with E-state index in [0.717, 1.165) is 29.9 Å². The molecule has 0 radical (unpaired) electrons. The lowest BCUT2D eigenvalue weighted by molar-refractivity contribution is -0.117. The van der Waals surface area contributed by atoms with Gasteiger partial charge in [0.05, 0.1) is 0 Å². The van der Waals surface area contributed by atoms with Crippen molar-refractivity contribution in [2.24, 2.45) is 0 Å². The lowest BCUT2D eigenvalue weighted by atomic mass is 10.1. The van der Waals surface area contributed by atoms with Gasteiger partial charge >= 0.3 is 6.03 Å². The molecule has 1 aliphatic rings. The maximum Gasteiger partial charge on any atom is 0.318 e. The molecule has 8 nitrogen and oxygen atoms in total. The molecule has 0 unspecified atom stereocenters. The Hall–Kier alpha value is -3.55. The van der Waals surface area contributed by atoms with Gasteiger partial charge in [0.25, 0.3) is 5.91 Å². The molecule has 0 bridgehead atoms. The minimum absolute atomic E-state index is 0.0295. The Morgan fingerprint density at radius 1 is 0.917 bits per heavy atom. The van der Waals surface area contributed by atoms with Crippen LogP contribution in [-0.2, 0) is 4.79 Å². The van der Waals surface area contributed by atoms with Crippen LogP contribution in [0.2, 0.25) is 0 Å². The second-order valence-corrected chi connectivity index (χ2v) is 10.6. The summed E-state index contributed by atoms with van der Waals surface area (Å²) >= 11 is 0.